The highest BCUT2D eigenvalue weighted by Gasteiger charge is 2.08. The number of thioether (sulfide) groups is 1. The molecular weight excluding hydrogens is 306 g/mol. The number of ether oxygens (including phenoxy) is 1. The van der Waals surface area contributed by atoms with E-state index in [0.29, 0.717) is 11.3 Å². The zero-order valence-electron chi connectivity index (χ0n) is 12.1. The predicted molar refractivity (Wildman–Crippen MR) is 84.5 cm³/mol. The Morgan fingerprint density at radius 3 is 2.64 bits per heavy atom. The summed E-state index contributed by atoms with van der Waals surface area (Å²) in [6, 6.07) is 8.17. The second-order valence-electron chi connectivity index (χ2n) is 4.43. The quantitative estimate of drug-likeness (QED) is 0.458. The van der Waals surface area contributed by atoms with Gasteiger partial charge in [0.1, 0.15) is 17.4 Å². The molecule has 2 aromatic rings. The second kappa shape index (κ2) is 7.22. The average molecular weight is 320 g/mol. The molecule has 0 saturated carbocycles. The number of ketones is 1. The molecule has 0 N–H and O–H groups in total. The number of carbonyl (C=O) groups excluding carboxylic acids is 1. The van der Waals surface area contributed by atoms with Gasteiger partial charge in [-0.1, -0.05) is 0 Å². The van der Waals surface area contributed by atoms with E-state index in [0.717, 1.165) is 23.1 Å². The molecule has 0 aliphatic heterocycles. The fourth-order valence-corrected chi connectivity index (χ4v) is 2.44. The van der Waals surface area contributed by atoms with Gasteiger partial charge in [-0.25, -0.2) is 8.78 Å². The first kappa shape index (κ1) is 16.2. The smallest absolute Gasteiger partial charge is 0.185 e. The minimum absolute atomic E-state index is 0.0287. The first-order chi connectivity index (χ1) is 10.5. The Labute approximate surface area is 131 Å². The highest BCUT2D eigenvalue weighted by molar-refractivity contribution is 7.98. The van der Waals surface area contributed by atoms with Crippen LogP contribution >= 0.6 is 11.8 Å². The van der Waals surface area contributed by atoms with Gasteiger partial charge >= 0.3 is 0 Å². The Bertz CT molecular complexity index is 727. The van der Waals surface area contributed by atoms with Crippen molar-refractivity contribution in [3.63, 3.8) is 0 Å². The fraction of sp³-hybridized carbons (Fsp3) is 0.118. The van der Waals surface area contributed by atoms with Crippen molar-refractivity contribution in [1.82, 2.24) is 0 Å². The molecule has 114 valence electrons. The minimum atomic E-state index is -0.583. The van der Waals surface area contributed by atoms with Crippen molar-refractivity contribution in [3.8, 4) is 5.75 Å². The molecule has 0 bridgehead atoms. The summed E-state index contributed by atoms with van der Waals surface area (Å²) in [5.74, 6) is -0.849. The van der Waals surface area contributed by atoms with E-state index in [4.69, 9.17) is 4.74 Å². The molecule has 0 radical (unpaired) electrons. The maximum Gasteiger partial charge on any atom is 0.185 e. The van der Waals surface area contributed by atoms with Gasteiger partial charge in [-0.2, -0.15) is 0 Å². The van der Waals surface area contributed by atoms with Crippen molar-refractivity contribution in [2.45, 2.75) is 4.90 Å². The molecule has 0 fully saturated rings. The summed E-state index contributed by atoms with van der Waals surface area (Å²) in [6.45, 7) is 0. The topological polar surface area (TPSA) is 26.3 Å². The summed E-state index contributed by atoms with van der Waals surface area (Å²) >= 11 is 1.51. The van der Waals surface area contributed by atoms with E-state index in [9.17, 15) is 13.6 Å². The first-order valence-corrected chi connectivity index (χ1v) is 7.67. The average Bonchev–Trinajstić information content (AvgIpc) is 2.54. The Kier molecular flexibility index (Phi) is 5.33. The van der Waals surface area contributed by atoms with Crippen LogP contribution in [0.3, 0.4) is 0 Å². The van der Waals surface area contributed by atoms with Gasteiger partial charge in [-0.15, -0.1) is 11.8 Å². The third-order valence-corrected chi connectivity index (χ3v) is 3.82. The largest absolute Gasteiger partial charge is 0.496 e. The molecule has 2 aromatic carbocycles. The first-order valence-electron chi connectivity index (χ1n) is 6.44. The second-order valence-corrected chi connectivity index (χ2v) is 5.28. The van der Waals surface area contributed by atoms with Gasteiger partial charge in [-0.3, -0.25) is 4.79 Å². The van der Waals surface area contributed by atoms with Gasteiger partial charge in [0.15, 0.2) is 5.78 Å². The highest BCUT2D eigenvalue weighted by atomic mass is 32.2. The Balaban J connectivity index is 2.25. The summed E-state index contributed by atoms with van der Waals surface area (Å²) in [6.07, 6.45) is 4.38. The van der Waals surface area contributed by atoms with Crippen LogP contribution in [-0.2, 0) is 0 Å². The van der Waals surface area contributed by atoms with Crippen LogP contribution in [0.25, 0.3) is 6.08 Å². The van der Waals surface area contributed by atoms with Gasteiger partial charge in [0.25, 0.3) is 0 Å². The molecule has 22 heavy (non-hydrogen) atoms. The van der Waals surface area contributed by atoms with E-state index >= 15 is 0 Å². The molecule has 0 spiro atoms. The molecule has 0 aliphatic carbocycles. The van der Waals surface area contributed by atoms with Crippen LogP contribution in [0.1, 0.15) is 15.9 Å². The van der Waals surface area contributed by atoms with Crippen LogP contribution in [0.15, 0.2) is 47.4 Å². The zero-order valence-corrected chi connectivity index (χ0v) is 12.9. The lowest BCUT2D eigenvalue weighted by Crippen LogP contribution is -1.96. The molecular formula is C17H14F2O2S. The summed E-state index contributed by atoms with van der Waals surface area (Å²) in [7, 11) is 1.53. The number of carbonyl (C=O) groups is 1. The number of halogens is 2. The van der Waals surface area contributed by atoms with Gasteiger partial charge in [0, 0.05) is 16.0 Å². The van der Waals surface area contributed by atoms with E-state index in [2.05, 4.69) is 0 Å². The monoisotopic (exact) mass is 320 g/mol. The molecule has 0 saturated heterocycles. The van der Waals surface area contributed by atoms with Crippen molar-refractivity contribution in [3.05, 3.63) is 65.2 Å². The number of hydrogen-bond acceptors (Lipinski definition) is 3. The van der Waals surface area contributed by atoms with Crippen LogP contribution in [0.2, 0.25) is 0 Å². The molecule has 0 unspecified atom stereocenters. The Hall–Kier alpha value is -2.14. The summed E-state index contributed by atoms with van der Waals surface area (Å²) in [5.41, 5.74) is 0.448. The number of methoxy groups -OCH3 is 1. The highest BCUT2D eigenvalue weighted by Crippen LogP contribution is 2.28. The van der Waals surface area contributed by atoms with Crippen LogP contribution in [0.5, 0.6) is 5.75 Å². The van der Waals surface area contributed by atoms with E-state index in [1.54, 1.807) is 18.2 Å². The molecule has 0 aliphatic rings. The third kappa shape index (κ3) is 3.74. The van der Waals surface area contributed by atoms with Gasteiger partial charge in [0.2, 0.25) is 0 Å². The van der Waals surface area contributed by atoms with Crippen molar-refractivity contribution < 1.29 is 18.3 Å². The minimum Gasteiger partial charge on any atom is -0.496 e. The van der Waals surface area contributed by atoms with Crippen LogP contribution < -0.4 is 4.74 Å². The molecule has 0 aromatic heterocycles. The van der Waals surface area contributed by atoms with Gasteiger partial charge < -0.3 is 4.74 Å². The number of hydrogen-bond donors (Lipinski definition) is 0. The maximum absolute atomic E-state index is 13.5. The van der Waals surface area contributed by atoms with E-state index in [-0.39, 0.29) is 11.3 Å². The standard InChI is InChI=1S/C17H14F2O2S/c1-21-16-10-12(4-8-17(16)22-2)15(20)7-3-11-9-13(18)5-6-14(11)19/h3-10H,1-2H3. The lowest BCUT2D eigenvalue weighted by Gasteiger charge is -2.07. The van der Waals surface area contributed by atoms with Crippen molar-refractivity contribution in [2.24, 2.45) is 0 Å². The fourth-order valence-electron chi connectivity index (χ4n) is 1.89. The van der Waals surface area contributed by atoms with Crippen molar-refractivity contribution in [2.75, 3.05) is 13.4 Å². The van der Waals surface area contributed by atoms with E-state index in [1.165, 1.54) is 31.0 Å². The Morgan fingerprint density at radius 1 is 1.18 bits per heavy atom. The summed E-state index contributed by atoms with van der Waals surface area (Å²) < 4.78 is 31.8. The van der Waals surface area contributed by atoms with Crippen molar-refractivity contribution >= 4 is 23.6 Å². The lowest BCUT2D eigenvalue weighted by molar-refractivity contribution is 0.104. The SMILES string of the molecule is COc1cc(C(=O)C=Cc2cc(F)ccc2F)ccc1SC. The molecule has 2 rings (SSSR count). The zero-order chi connectivity index (χ0) is 16.1. The number of rotatable bonds is 5. The van der Waals surface area contributed by atoms with Crippen LogP contribution in [0, 0.1) is 11.6 Å². The van der Waals surface area contributed by atoms with Crippen molar-refractivity contribution in [1.29, 1.82) is 0 Å². The third-order valence-electron chi connectivity index (χ3n) is 3.04. The molecule has 0 atom stereocenters. The maximum atomic E-state index is 13.5. The molecule has 0 amide bonds. The van der Waals surface area contributed by atoms with E-state index < -0.39 is 11.6 Å². The van der Waals surface area contributed by atoms with Crippen LogP contribution in [-0.4, -0.2) is 19.1 Å². The molecule has 5 heteroatoms. The normalized spacial score (nSPS) is 10.9. The molecule has 2 nitrogen and oxygen atoms in total. The number of allylic oxidation sites excluding steroid dienone is 1. The predicted octanol–water partition coefficient (Wildman–Crippen LogP) is 4.59. The Morgan fingerprint density at radius 2 is 1.95 bits per heavy atom. The summed E-state index contributed by atoms with van der Waals surface area (Å²) in [5, 5.41) is 0. The summed E-state index contributed by atoms with van der Waals surface area (Å²) in [4.78, 5) is 13.0. The lowest BCUT2D eigenvalue weighted by atomic mass is 10.1. The van der Waals surface area contributed by atoms with Gasteiger partial charge in [-0.05, 0) is 54.8 Å². The van der Waals surface area contributed by atoms with E-state index in [1.807, 2.05) is 6.26 Å². The van der Waals surface area contributed by atoms with Gasteiger partial charge in [0.05, 0.1) is 7.11 Å². The van der Waals surface area contributed by atoms with Crippen LogP contribution in [0.4, 0.5) is 8.78 Å². The number of benzene rings is 2. The molecule has 0 heterocycles.